The molecule has 2 rings (SSSR count). The first kappa shape index (κ1) is 13.2. The predicted octanol–water partition coefficient (Wildman–Crippen LogP) is 3.57. The second kappa shape index (κ2) is 5.18. The molecule has 1 atom stereocenters. The van der Waals surface area contributed by atoms with E-state index in [1.165, 1.54) is 12.1 Å². The fourth-order valence-electron chi connectivity index (χ4n) is 2.14. The lowest BCUT2D eigenvalue weighted by atomic mass is 10.1. The maximum absolute atomic E-state index is 12.4. The molecule has 1 aliphatic rings. The van der Waals surface area contributed by atoms with Crippen molar-refractivity contribution in [3.05, 3.63) is 29.8 Å². The van der Waals surface area contributed by atoms with Crippen molar-refractivity contribution in [2.24, 2.45) is 5.73 Å². The standard InChI is InChI=1S/C13H16F3NO/c14-13(15,16)12(17)9-5-7-11(8-6-9)18-10-3-1-2-4-10/h5-8,10,12H,1-4,17H2/t12-/m1/s1. The van der Waals surface area contributed by atoms with E-state index in [1.54, 1.807) is 12.1 Å². The van der Waals surface area contributed by atoms with Crippen LogP contribution in [0.4, 0.5) is 13.2 Å². The van der Waals surface area contributed by atoms with Gasteiger partial charge in [-0.05, 0) is 43.4 Å². The van der Waals surface area contributed by atoms with Crippen LogP contribution < -0.4 is 10.5 Å². The average molecular weight is 259 g/mol. The van der Waals surface area contributed by atoms with E-state index in [2.05, 4.69) is 0 Å². The first-order valence-electron chi connectivity index (χ1n) is 6.06. The molecular formula is C13H16F3NO. The summed E-state index contributed by atoms with van der Waals surface area (Å²) in [6, 6.07) is 3.93. The zero-order valence-corrected chi connectivity index (χ0v) is 9.91. The summed E-state index contributed by atoms with van der Waals surface area (Å²) in [5, 5.41) is 0. The molecule has 0 heterocycles. The van der Waals surface area contributed by atoms with Gasteiger partial charge in [-0.15, -0.1) is 0 Å². The number of halogens is 3. The minimum Gasteiger partial charge on any atom is -0.490 e. The second-order valence-electron chi connectivity index (χ2n) is 4.61. The minimum atomic E-state index is -4.41. The normalized spacial score (nSPS) is 18.9. The fraction of sp³-hybridized carbons (Fsp3) is 0.538. The van der Waals surface area contributed by atoms with Crippen LogP contribution in [-0.2, 0) is 0 Å². The maximum atomic E-state index is 12.4. The minimum absolute atomic E-state index is 0.0567. The average Bonchev–Trinajstić information content (AvgIpc) is 2.81. The van der Waals surface area contributed by atoms with Crippen molar-refractivity contribution >= 4 is 0 Å². The van der Waals surface area contributed by atoms with Gasteiger partial charge in [0.25, 0.3) is 0 Å². The van der Waals surface area contributed by atoms with Crippen molar-refractivity contribution in [3.8, 4) is 5.75 Å². The lowest BCUT2D eigenvalue weighted by molar-refractivity contribution is -0.149. The molecular weight excluding hydrogens is 243 g/mol. The second-order valence-corrected chi connectivity index (χ2v) is 4.61. The number of rotatable bonds is 3. The summed E-state index contributed by atoms with van der Waals surface area (Å²) in [5.41, 5.74) is 5.18. The van der Waals surface area contributed by atoms with Gasteiger partial charge in [0.1, 0.15) is 11.8 Å². The molecule has 18 heavy (non-hydrogen) atoms. The van der Waals surface area contributed by atoms with Gasteiger partial charge in [-0.2, -0.15) is 13.2 Å². The van der Waals surface area contributed by atoms with Crippen molar-refractivity contribution < 1.29 is 17.9 Å². The van der Waals surface area contributed by atoms with E-state index in [1.807, 2.05) is 0 Å². The smallest absolute Gasteiger partial charge is 0.407 e. The Balaban J connectivity index is 2.00. The van der Waals surface area contributed by atoms with Crippen molar-refractivity contribution in [1.82, 2.24) is 0 Å². The van der Waals surface area contributed by atoms with Gasteiger partial charge < -0.3 is 10.5 Å². The summed E-state index contributed by atoms with van der Waals surface area (Å²) in [6.07, 6.45) is 0.136. The van der Waals surface area contributed by atoms with E-state index in [4.69, 9.17) is 10.5 Å². The van der Waals surface area contributed by atoms with Crippen LogP contribution in [0.5, 0.6) is 5.75 Å². The summed E-state index contributed by atoms with van der Waals surface area (Å²) >= 11 is 0. The molecule has 1 aromatic carbocycles. The summed E-state index contributed by atoms with van der Waals surface area (Å²) < 4.78 is 42.9. The van der Waals surface area contributed by atoms with Gasteiger partial charge in [0.05, 0.1) is 6.10 Å². The summed E-state index contributed by atoms with van der Waals surface area (Å²) in [5.74, 6) is 0.611. The van der Waals surface area contributed by atoms with Crippen LogP contribution in [0.3, 0.4) is 0 Å². The maximum Gasteiger partial charge on any atom is 0.407 e. The number of nitrogens with two attached hydrogens (primary N) is 1. The van der Waals surface area contributed by atoms with Crippen LogP contribution in [0.2, 0.25) is 0 Å². The Morgan fingerprint density at radius 1 is 1.11 bits per heavy atom. The molecule has 2 N–H and O–H groups in total. The van der Waals surface area contributed by atoms with Gasteiger partial charge in [0, 0.05) is 0 Å². The molecule has 0 spiro atoms. The zero-order chi connectivity index (χ0) is 13.2. The molecule has 2 nitrogen and oxygen atoms in total. The van der Waals surface area contributed by atoms with E-state index in [-0.39, 0.29) is 11.7 Å². The first-order valence-corrected chi connectivity index (χ1v) is 6.06. The molecule has 0 aliphatic heterocycles. The highest BCUT2D eigenvalue weighted by Gasteiger charge is 2.37. The van der Waals surface area contributed by atoms with E-state index in [0.29, 0.717) is 5.75 Å². The highest BCUT2D eigenvalue weighted by atomic mass is 19.4. The summed E-state index contributed by atoms with van der Waals surface area (Å²) in [7, 11) is 0. The lowest BCUT2D eigenvalue weighted by Gasteiger charge is -2.17. The van der Waals surface area contributed by atoms with Crippen LogP contribution in [0.1, 0.15) is 37.3 Å². The topological polar surface area (TPSA) is 35.2 Å². The van der Waals surface area contributed by atoms with Gasteiger partial charge in [-0.3, -0.25) is 0 Å². The highest BCUT2D eigenvalue weighted by molar-refractivity contribution is 5.29. The molecule has 0 saturated heterocycles. The Morgan fingerprint density at radius 2 is 1.67 bits per heavy atom. The fourth-order valence-corrected chi connectivity index (χ4v) is 2.14. The monoisotopic (exact) mass is 259 g/mol. The Bertz CT molecular complexity index is 382. The number of hydrogen-bond acceptors (Lipinski definition) is 2. The van der Waals surface area contributed by atoms with Crippen LogP contribution >= 0.6 is 0 Å². The predicted molar refractivity (Wildman–Crippen MR) is 62.3 cm³/mol. The molecule has 1 aromatic rings. The van der Waals surface area contributed by atoms with E-state index >= 15 is 0 Å². The van der Waals surface area contributed by atoms with Crippen molar-refractivity contribution in [2.75, 3.05) is 0 Å². The molecule has 0 unspecified atom stereocenters. The van der Waals surface area contributed by atoms with E-state index in [9.17, 15) is 13.2 Å². The Morgan fingerprint density at radius 3 is 2.17 bits per heavy atom. The van der Waals surface area contributed by atoms with Crippen molar-refractivity contribution in [1.29, 1.82) is 0 Å². The van der Waals surface area contributed by atoms with Crippen molar-refractivity contribution in [2.45, 2.75) is 44.0 Å². The number of hydrogen-bond donors (Lipinski definition) is 1. The quantitative estimate of drug-likeness (QED) is 0.900. The van der Waals surface area contributed by atoms with Crippen LogP contribution in [0, 0.1) is 0 Å². The van der Waals surface area contributed by atoms with Crippen LogP contribution in [0.15, 0.2) is 24.3 Å². The van der Waals surface area contributed by atoms with Gasteiger partial charge in [0.2, 0.25) is 0 Å². The first-order chi connectivity index (χ1) is 8.47. The number of benzene rings is 1. The highest BCUT2D eigenvalue weighted by Crippen LogP contribution is 2.31. The largest absolute Gasteiger partial charge is 0.490 e. The van der Waals surface area contributed by atoms with Crippen LogP contribution in [-0.4, -0.2) is 12.3 Å². The van der Waals surface area contributed by atoms with Crippen LogP contribution in [0.25, 0.3) is 0 Å². The van der Waals surface area contributed by atoms with Gasteiger partial charge in [0.15, 0.2) is 0 Å². The molecule has 0 amide bonds. The van der Waals surface area contributed by atoms with E-state index in [0.717, 1.165) is 25.7 Å². The summed E-state index contributed by atoms with van der Waals surface area (Å²) in [4.78, 5) is 0. The zero-order valence-electron chi connectivity index (χ0n) is 9.91. The third-order valence-corrected chi connectivity index (χ3v) is 3.20. The summed E-state index contributed by atoms with van der Waals surface area (Å²) in [6.45, 7) is 0. The molecule has 100 valence electrons. The Labute approximate surface area is 104 Å². The van der Waals surface area contributed by atoms with Gasteiger partial charge in [-0.25, -0.2) is 0 Å². The molecule has 1 aliphatic carbocycles. The van der Waals surface area contributed by atoms with E-state index < -0.39 is 12.2 Å². The molecule has 1 saturated carbocycles. The molecule has 0 aromatic heterocycles. The Kier molecular flexibility index (Phi) is 3.80. The number of ether oxygens (including phenoxy) is 1. The number of alkyl halides is 3. The van der Waals surface area contributed by atoms with Gasteiger partial charge >= 0.3 is 6.18 Å². The molecule has 5 heteroatoms. The van der Waals surface area contributed by atoms with Crippen molar-refractivity contribution in [3.63, 3.8) is 0 Å². The van der Waals surface area contributed by atoms with Gasteiger partial charge in [-0.1, -0.05) is 12.1 Å². The SMILES string of the molecule is N[C@H](c1ccc(OC2CCCC2)cc1)C(F)(F)F. The Hall–Kier alpha value is -1.23. The lowest BCUT2D eigenvalue weighted by Crippen LogP contribution is -2.28. The third-order valence-electron chi connectivity index (χ3n) is 3.20. The molecule has 1 fully saturated rings. The third kappa shape index (κ3) is 3.16. The molecule has 0 bridgehead atoms. The molecule has 0 radical (unpaired) electrons.